The lowest BCUT2D eigenvalue weighted by Gasteiger charge is -2.21. The molecule has 2 aromatic heterocycles. The fourth-order valence-corrected chi connectivity index (χ4v) is 2.77. The van der Waals surface area contributed by atoms with E-state index in [-0.39, 0.29) is 6.04 Å². The van der Waals surface area contributed by atoms with Crippen molar-refractivity contribution in [3.63, 3.8) is 0 Å². The van der Waals surface area contributed by atoms with Crippen molar-refractivity contribution in [2.24, 2.45) is 5.92 Å². The van der Waals surface area contributed by atoms with Crippen LogP contribution in [-0.2, 0) is 11.2 Å². The van der Waals surface area contributed by atoms with Crippen LogP contribution in [-0.4, -0.2) is 47.8 Å². The first-order chi connectivity index (χ1) is 11.3. The Balaban J connectivity index is 1.67. The number of pyridine rings is 1. The van der Waals surface area contributed by atoms with Crippen molar-refractivity contribution < 1.29 is 4.74 Å². The second-order valence-corrected chi connectivity index (χ2v) is 5.88. The summed E-state index contributed by atoms with van der Waals surface area (Å²) in [6.07, 6.45) is 6.26. The summed E-state index contributed by atoms with van der Waals surface area (Å²) in [4.78, 5) is 14.8. The average molecular weight is 313 g/mol. The summed E-state index contributed by atoms with van der Waals surface area (Å²) >= 11 is 0. The van der Waals surface area contributed by atoms with Crippen molar-refractivity contribution in [1.82, 2.24) is 15.0 Å². The van der Waals surface area contributed by atoms with Gasteiger partial charge in [0.25, 0.3) is 0 Å². The number of hydrogen-bond acceptors (Lipinski definition) is 6. The number of hydrogen-bond donors (Lipinski definition) is 1. The Kier molecular flexibility index (Phi) is 5.02. The first-order valence-corrected chi connectivity index (χ1v) is 8.02. The summed E-state index contributed by atoms with van der Waals surface area (Å²) in [5.41, 5.74) is 1.29. The summed E-state index contributed by atoms with van der Waals surface area (Å²) in [5.74, 6) is 2.21. The van der Waals surface area contributed by atoms with Crippen LogP contribution < -0.4 is 10.2 Å². The molecule has 2 atom stereocenters. The summed E-state index contributed by atoms with van der Waals surface area (Å²) in [7, 11) is 2.02. The third-order valence-corrected chi connectivity index (χ3v) is 4.30. The van der Waals surface area contributed by atoms with Crippen molar-refractivity contribution in [2.45, 2.75) is 19.4 Å². The van der Waals surface area contributed by atoms with Crippen molar-refractivity contribution in [3.05, 3.63) is 42.5 Å². The SMILES string of the molecule is CCN(C)c1cc(NC2COCC2Cc2ccncc2)ncn1. The van der Waals surface area contributed by atoms with Gasteiger partial charge in [-0.05, 0) is 31.0 Å². The zero-order valence-electron chi connectivity index (χ0n) is 13.6. The van der Waals surface area contributed by atoms with Crippen LogP contribution >= 0.6 is 0 Å². The first-order valence-electron chi connectivity index (χ1n) is 8.02. The number of rotatable bonds is 6. The predicted octanol–water partition coefficient (Wildman–Crippen LogP) is 2.00. The highest BCUT2D eigenvalue weighted by molar-refractivity contribution is 5.48. The largest absolute Gasteiger partial charge is 0.379 e. The molecule has 6 nitrogen and oxygen atoms in total. The van der Waals surface area contributed by atoms with Gasteiger partial charge in [-0.25, -0.2) is 9.97 Å². The van der Waals surface area contributed by atoms with Crippen molar-refractivity contribution in [2.75, 3.05) is 37.0 Å². The van der Waals surface area contributed by atoms with E-state index in [2.05, 4.69) is 44.2 Å². The van der Waals surface area contributed by atoms with E-state index in [1.54, 1.807) is 6.33 Å². The summed E-state index contributed by atoms with van der Waals surface area (Å²) < 4.78 is 5.68. The van der Waals surface area contributed by atoms with Gasteiger partial charge in [0.15, 0.2) is 0 Å². The molecule has 1 fully saturated rings. The maximum absolute atomic E-state index is 5.68. The highest BCUT2D eigenvalue weighted by Crippen LogP contribution is 2.23. The second-order valence-electron chi connectivity index (χ2n) is 5.88. The maximum atomic E-state index is 5.68. The molecule has 2 unspecified atom stereocenters. The number of nitrogens with zero attached hydrogens (tertiary/aromatic N) is 4. The van der Waals surface area contributed by atoms with E-state index in [9.17, 15) is 0 Å². The van der Waals surface area contributed by atoms with Crippen LogP contribution in [0.1, 0.15) is 12.5 Å². The van der Waals surface area contributed by atoms with E-state index in [0.717, 1.165) is 31.2 Å². The summed E-state index contributed by atoms with van der Waals surface area (Å²) in [6.45, 7) is 4.49. The molecule has 0 spiro atoms. The molecular formula is C17H23N5O. The highest BCUT2D eigenvalue weighted by Gasteiger charge is 2.28. The molecule has 0 bridgehead atoms. The van der Waals surface area contributed by atoms with Crippen LogP contribution in [0.25, 0.3) is 0 Å². The molecule has 0 amide bonds. The Bertz CT molecular complexity index is 621. The molecule has 1 aliphatic rings. The van der Waals surface area contributed by atoms with Gasteiger partial charge < -0.3 is 15.0 Å². The van der Waals surface area contributed by atoms with E-state index >= 15 is 0 Å². The van der Waals surface area contributed by atoms with Crippen LogP contribution in [0.2, 0.25) is 0 Å². The van der Waals surface area contributed by atoms with Crippen molar-refractivity contribution >= 4 is 11.6 Å². The Morgan fingerprint density at radius 3 is 2.87 bits per heavy atom. The third kappa shape index (κ3) is 3.96. The Labute approximate surface area is 136 Å². The minimum atomic E-state index is 0.262. The van der Waals surface area contributed by atoms with E-state index in [0.29, 0.717) is 12.5 Å². The molecule has 1 saturated heterocycles. The molecule has 122 valence electrons. The lowest BCUT2D eigenvalue weighted by Crippen LogP contribution is -2.30. The van der Waals surface area contributed by atoms with Gasteiger partial charge in [-0.1, -0.05) is 0 Å². The molecule has 2 aromatic rings. The van der Waals surface area contributed by atoms with Gasteiger partial charge in [-0.15, -0.1) is 0 Å². The molecule has 0 saturated carbocycles. The standard InChI is InChI=1S/C17H23N5O/c1-3-22(2)17-9-16(19-12-20-17)21-15-11-23-10-14(15)8-13-4-6-18-7-5-13/h4-7,9,12,14-15H,3,8,10-11H2,1-2H3,(H,19,20,21). The summed E-state index contributed by atoms with van der Waals surface area (Å²) in [6, 6.07) is 6.38. The molecule has 1 aliphatic heterocycles. The van der Waals surface area contributed by atoms with E-state index in [1.165, 1.54) is 5.56 Å². The Morgan fingerprint density at radius 1 is 1.26 bits per heavy atom. The van der Waals surface area contributed by atoms with Crippen LogP contribution in [0, 0.1) is 5.92 Å². The minimum Gasteiger partial charge on any atom is -0.379 e. The molecule has 0 radical (unpaired) electrons. The van der Waals surface area contributed by atoms with Gasteiger partial charge in [0.05, 0.1) is 19.3 Å². The molecule has 1 N–H and O–H groups in total. The van der Waals surface area contributed by atoms with Gasteiger partial charge in [0, 0.05) is 38.0 Å². The topological polar surface area (TPSA) is 63.2 Å². The zero-order valence-corrected chi connectivity index (χ0v) is 13.6. The zero-order chi connectivity index (χ0) is 16.1. The molecule has 3 heterocycles. The molecule has 3 rings (SSSR count). The predicted molar refractivity (Wildman–Crippen MR) is 90.6 cm³/mol. The van der Waals surface area contributed by atoms with E-state index < -0.39 is 0 Å². The third-order valence-electron chi connectivity index (χ3n) is 4.30. The number of ether oxygens (including phenoxy) is 1. The number of nitrogens with one attached hydrogen (secondary N) is 1. The monoisotopic (exact) mass is 313 g/mol. The molecule has 0 aliphatic carbocycles. The molecule has 6 heteroatoms. The smallest absolute Gasteiger partial charge is 0.133 e. The van der Waals surface area contributed by atoms with Gasteiger partial charge in [-0.3, -0.25) is 4.98 Å². The first kappa shape index (κ1) is 15.7. The van der Waals surface area contributed by atoms with Crippen molar-refractivity contribution in [3.8, 4) is 0 Å². The summed E-state index contributed by atoms with van der Waals surface area (Å²) in [5, 5.41) is 3.51. The maximum Gasteiger partial charge on any atom is 0.133 e. The van der Waals surface area contributed by atoms with Gasteiger partial charge >= 0.3 is 0 Å². The lowest BCUT2D eigenvalue weighted by atomic mass is 9.95. The quantitative estimate of drug-likeness (QED) is 0.880. The van der Waals surface area contributed by atoms with Crippen LogP contribution in [0.4, 0.5) is 11.6 Å². The van der Waals surface area contributed by atoms with Gasteiger partial charge in [0.1, 0.15) is 18.0 Å². The van der Waals surface area contributed by atoms with E-state index in [4.69, 9.17) is 4.74 Å². The number of anilines is 2. The van der Waals surface area contributed by atoms with Crippen LogP contribution in [0.5, 0.6) is 0 Å². The van der Waals surface area contributed by atoms with Crippen molar-refractivity contribution in [1.29, 1.82) is 0 Å². The van der Waals surface area contributed by atoms with Gasteiger partial charge in [-0.2, -0.15) is 0 Å². The average Bonchev–Trinajstić information content (AvgIpc) is 3.02. The molecule has 0 aromatic carbocycles. The normalized spacial score (nSPS) is 20.4. The Morgan fingerprint density at radius 2 is 2.09 bits per heavy atom. The molecular weight excluding hydrogens is 290 g/mol. The fourth-order valence-electron chi connectivity index (χ4n) is 2.77. The van der Waals surface area contributed by atoms with Crippen LogP contribution in [0.15, 0.2) is 36.9 Å². The van der Waals surface area contributed by atoms with E-state index in [1.807, 2.05) is 25.5 Å². The lowest BCUT2D eigenvalue weighted by molar-refractivity contribution is 0.185. The second kappa shape index (κ2) is 7.37. The molecule has 23 heavy (non-hydrogen) atoms. The van der Waals surface area contributed by atoms with Gasteiger partial charge in [0.2, 0.25) is 0 Å². The Hall–Kier alpha value is -2.21. The minimum absolute atomic E-state index is 0.262. The van der Waals surface area contributed by atoms with Crippen LogP contribution in [0.3, 0.4) is 0 Å². The highest BCUT2D eigenvalue weighted by atomic mass is 16.5. The number of aromatic nitrogens is 3. The fraction of sp³-hybridized carbons (Fsp3) is 0.471.